The number of carbonyl (C=O) groups excluding carboxylic acids is 1. The predicted molar refractivity (Wildman–Crippen MR) is 82.4 cm³/mol. The highest BCUT2D eigenvalue weighted by molar-refractivity contribution is 5.83. The second-order valence-corrected chi connectivity index (χ2v) is 6.14. The van der Waals surface area contributed by atoms with Crippen molar-refractivity contribution in [1.29, 1.82) is 0 Å². The summed E-state index contributed by atoms with van der Waals surface area (Å²) in [6.07, 6.45) is 7.67. The van der Waals surface area contributed by atoms with Gasteiger partial charge in [-0.1, -0.05) is 26.7 Å². The second-order valence-electron chi connectivity index (χ2n) is 6.14. The average molecular weight is 284 g/mol. The highest BCUT2D eigenvalue weighted by atomic mass is 16.3. The van der Waals surface area contributed by atoms with E-state index in [4.69, 9.17) is 5.73 Å². The topological polar surface area (TPSA) is 66.6 Å². The van der Waals surface area contributed by atoms with Gasteiger partial charge in [0.15, 0.2) is 0 Å². The van der Waals surface area contributed by atoms with Crippen molar-refractivity contribution in [2.75, 3.05) is 19.7 Å². The van der Waals surface area contributed by atoms with Gasteiger partial charge in [-0.2, -0.15) is 0 Å². The molecule has 3 N–H and O–H groups in total. The van der Waals surface area contributed by atoms with E-state index in [9.17, 15) is 9.90 Å². The van der Waals surface area contributed by atoms with Crippen LogP contribution in [0.3, 0.4) is 0 Å². The second kappa shape index (κ2) is 8.63. The fraction of sp³-hybridized carbons (Fsp3) is 0.938. The Morgan fingerprint density at radius 1 is 1.30 bits per heavy atom. The minimum absolute atomic E-state index is 0.158. The normalized spacial score (nSPS) is 20.2. The molecule has 20 heavy (non-hydrogen) atoms. The summed E-state index contributed by atoms with van der Waals surface area (Å²) in [5, 5.41) is 9.22. The van der Waals surface area contributed by atoms with E-state index >= 15 is 0 Å². The quantitative estimate of drug-likeness (QED) is 0.718. The van der Waals surface area contributed by atoms with E-state index < -0.39 is 0 Å². The number of hydrogen-bond acceptors (Lipinski definition) is 3. The number of nitrogens with two attached hydrogens (primary N) is 1. The van der Waals surface area contributed by atoms with Gasteiger partial charge in [-0.3, -0.25) is 4.79 Å². The van der Waals surface area contributed by atoms with Gasteiger partial charge in [-0.25, -0.2) is 0 Å². The van der Waals surface area contributed by atoms with Crippen LogP contribution in [-0.2, 0) is 4.79 Å². The van der Waals surface area contributed by atoms with Gasteiger partial charge in [-0.15, -0.1) is 0 Å². The van der Waals surface area contributed by atoms with E-state index in [2.05, 4.69) is 13.8 Å². The molecule has 1 aliphatic rings. The molecule has 0 radical (unpaired) electrons. The maximum atomic E-state index is 13.1. The first-order valence-electron chi connectivity index (χ1n) is 8.27. The van der Waals surface area contributed by atoms with Crippen molar-refractivity contribution in [2.45, 2.75) is 71.3 Å². The molecular weight excluding hydrogens is 252 g/mol. The number of aliphatic hydroxyl groups excluding tert-OH is 1. The number of nitrogens with zero attached hydrogens (tertiary/aromatic N) is 1. The lowest BCUT2D eigenvalue weighted by Gasteiger charge is -2.42. The van der Waals surface area contributed by atoms with Gasteiger partial charge in [0.1, 0.15) is 0 Å². The minimum Gasteiger partial charge on any atom is -0.396 e. The summed E-state index contributed by atoms with van der Waals surface area (Å²) in [6.45, 7) is 5.67. The molecule has 1 fully saturated rings. The first kappa shape index (κ1) is 17.4. The average Bonchev–Trinajstić information content (AvgIpc) is 2.47. The van der Waals surface area contributed by atoms with Gasteiger partial charge in [0.25, 0.3) is 0 Å². The van der Waals surface area contributed by atoms with Crippen LogP contribution in [0.4, 0.5) is 0 Å². The van der Waals surface area contributed by atoms with E-state index in [0.29, 0.717) is 13.0 Å². The molecule has 0 bridgehead atoms. The van der Waals surface area contributed by atoms with E-state index in [1.165, 1.54) is 0 Å². The van der Waals surface area contributed by atoms with E-state index in [1.807, 2.05) is 4.90 Å². The molecule has 0 spiro atoms. The van der Waals surface area contributed by atoms with Crippen molar-refractivity contribution in [3.05, 3.63) is 0 Å². The molecule has 118 valence electrons. The Balaban J connectivity index is 2.90. The van der Waals surface area contributed by atoms with Crippen LogP contribution in [0.15, 0.2) is 0 Å². The molecule has 1 heterocycles. The molecule has 0 aromatic heterocycles. The van der Waals surface area contributed by atoms with Crippen molar-refractivity contribution in [2.24, 2.45) is 11.1 Å². The first-order chi connectivity index (χ1) is 9.65. The third kappa shape index (κ3) is 3.95. The number of rotatable bonds is 8. The summed E-state index contributed by atoms with van der Waals surface area (Å²) in [7, 11) is 0. The van der Waals surface area contributed by atoms with Gasteiger partial charge in [0.2, 0.25) is 5.91 Å². The molecule has 0 saturated carbocycles. The van der Waals surface area contributed by atoms with Crippen molar-refractivity contribution in [1.82, 2.24) is 4.90 Å². The highest BCUT2D eigenvalue weighted by Crippen LogP contribution is 2.34. The lowest BCUT2D eigenvalue weighted by molar-refractivity contribution is -0.147. The van der Waals surface area contributed by atoms with Crippen LogP contribution in [0, 0.1) is 5.41 Å². The van der Waals surface area contributed by atoms with Crippen molar-refractivity contribution < 1.29 is 9.90 Å². The van der Waals surface area contributed by atoms with Gasteiger partial charge < -0.3 is 15.7 Å². The zero-order chi connectivity index (χ0) is 15.0. The van der Waals surface area contributed by atoms with Crippen LogP contribution in [0.25, 0.3) is 0 Å². The molecular formula is C16H32N2O2. The van der Waals surface area contributed by atoms with E-state index in [1.54, 1.807) is 0 Å². The Morgan fingerprint density at radius 2 is 1.95 bits per heavy atom. The SMILES string of the molecule is CCCC(CN)(CCC)C(=O)N1CCCCC1CCO. The highest BCUT2D eigenvalue weighted by Gasteiger charge is 2.41. The van der Waals surface area contributed by atoms with Crippen LogP contribution in [0.1, 0.15) is 65.2 Å². The summed E-state index contributed by atoms with van der Waals surface area (Å²) in [4.78, 5) is 15.1. The van der Waals surface area contributed by atoms with Crippen LogP contribution in [-0.4, -0.2) is 41.7 Å². The van der Waals surface area contributed by atoms with Crippen LogP contribution >= 0.6 is 0 Å². The number of carbonyl (C=O) groups is 1. The molecule has 0 aliphatic carbocycles. The molecule has 0 aromatic rings. The Labute approximate surface area is 123 Å². The van der Waals surface area contributed by atoms with Gasteiger partial charge in [0.05, 0.1) is 5.41 Å². The van der Waals surface area contributed by atoms with Gasteiger partial charge in [0, 0.05) is 25.7 Å². The van der Waals surface area contributed by atoms with Crippen molar-refractivity contribution >= 4 is 5.91 Å². The molecule has 1 unspecified atom stereocenters. The van der Waals surface area contributed by atoms with E-state index in [0.717, 1.165) is 51.5 Å². The molecule has 1 aliphatic heterocycles. The summed E-state index contributed by atoms with van der Waals surface area (Å²) in [5.74, 6) is 0.238. The summed E-state index contributed by atoms with van der Waals surface area (Å²) in [5.41, 5.74) is 5.63. The lowest BCUT2D eigenvalue weighted by Crippen LogP contribution is -2.53. The third-order valence-corrected chi connectivity index (χ3v) is 4.65. The fourth-order valence-corrected chi connectivity index (χ4v) is 3.61. The first-order valence-corrected chi connectivity index (χ1v) is 8.27. The Morgan fingerprint density at radius 3 is 2.45 bits per heavy atom. The third-order valence-electron chi connectivity index (χ3n) is 4.65. The zero-order valence-electron chi connectivity index (χ0n) is 13.2. The monoisotopic (exact) mass is 284 g/mol. The van der Waals surface area contributed by atoms with Crippen LogP contribution in [0.5, 0.6) is 0 Å². The Kier molecular flexibility index (Phi) is 7.52. The maximum absolute atomic E-state index is 13.1. The van der Waals surface area contributed by atoms with Crippen molar-refractivity contribution in [3.8, 4) is 0 Å². The summed E-state index contributed by atoms with van der Waals surface area (Å²) >= 11 is 0. The smallest absolute Gasteiger partial charge is 0.230 e. The van der Waals surface area contributed by atoms with Crippen molar-refractivity contribution in [3.63, 3.8) is 0 Å². The number of amides is 1. The molecule has 1 saturated heterocycles. The largest absolute Gasteiger partial charge is 0.396 e. The Hall–Kier alpha value is -0.610. The van der Waals surface area contributed by atoms with Crippen LogP contribution < -0.4 is 5.73 Å². The standard InChI is InChI=1S/C16H32N2O2/c1-3-9-16(13-17,10-4-2)15(20)18-11-6-5-7-14(18)8-12-19/h14,19H,3-13,17H2,1-2H3. The van der Waals surface area contributed by atoms with Gasteiger partial charge in [-0.05, 0) is 38.5 Å². The fourth-order valence-electron chi connectivity index (χ4n) is 3.61. The summed E-state index contributed by atoms with van der Waals surface area (Å²) in [6, 6.07) is 0.209. The van der Waals surface area contributed by atoms with Crippen LogP contribution in [0.2, 0.25) is 0 Å². The summed E-state index contributed by atoms with van der Waals surface area (Å²) < 4.78 is 0. The molecule has 1 atom stereocenters. The Bertz CT molecular complexity index is 286. The molecule has 1 rings (SSSR count). The lowest BCUT2D eigenvalue weighted by atomic mass is 9.77. The minimum atomic E-state index is -0.380. The maximum Gasteiger partial charge on any atom is 0.230 e. The molecule has 0 aromatic carbocycles. The number of likely N-dealkylation sites (tertiary alicyclic amines) is 1. The number of aliphatic hydroxyl groups is 1. The van der Waals surface area contributed by atoms with E-state index in [-0.39, 0.29) is 24.0 Å². The zero-order valence-corrected chi connectivity index (χ0v) is 13.2. The molecule has 4 heteroatoms. The predicted octanol–water partition coefficient (Wildman–Crippen LogP) is 2.30. The molecule has 4 nitrogen and oxygen atoms in total. The van der Waals surface area contributed by atoms with Gasteiger partial charge >= 0.3 is 0 Å². The number of hydrogen-bond donors (Lipinski definition) is 2. The molecule has 1 amide bonds. The number of piperidine rings is 1.